The zero-order valence-electron chi connectivity index (χ0n) is 13.2. The Morgan fingerprint density at radius 3 is 2.33 bits per heavy atom. The number of rotatable bonds is 4. The second kappa shape index (κ2) is 7.30. The van der Waals surface area contributed by atoms with Gasteiger partial charge in [0, 0.05) is 36.6 Å². The van der Waals surface area contributed by atoms with Crippen molar-refractivity contribution >= 4 is 27.5 Å². The van der Waals surface area contributed by atoms with E-state index >= 15 is 0 Å². The molecule has 1 aliphatic heterocycles. The highest BCUT2D eigenvalue weighted by molar-refractivity contribution is 9.10. The lowest BCUT2D eigenvalue weighted by molar-refractivity contribution is -0.136. The molecule has 0 N–H and O–H groups in total. The molecule has 0 spiro atoms. The van der Waals surface area contributed by atoms with Gasteiger partial charge in [-0.15, -0.1) is 0 Å². The summed E-state index contributed by atoms with van der Waals surface area (Å²) in [7, 11) is 0. The molecule has 0 aliphatic carbocycles. The number of amides is 1. The predicted octanol–water partition coefficient (Wildman–Crippen LogP) is 3.84. The molecular weight excluding hydrogens is 328 g/mol. The Labute approximate surface area is 136 Å². The van der Waals surface area contributed by atoms with Crippen LogP contribution in [0, 0.1) is 12.8 Å². The van der Waals surface area contributed by atoms with E-state index in [1.54, 1.807) is 0 Å². The second-order valence-corrected chi connectivity index (χ2v) is 6.63. The van der Waals surface area contributed by atoms with Gasteiger partial charge in [-0.1, -0.05) is 19.9 Å². The summed E-state index contributed by atoms with van der Waals surface area (Å²) in [5.41, 5.74) is 2.49. The Morgan fingerprint density at radius 1 is 1.19 bits per heavy atom. The Bertz CT molecular complexity index is 492. The Hall–Kier alpha value is -1.03. The lowest BCUT2D eigenvalue weighted by Crippen LogP contribution is -2.50. The number of carbonyl (C=O) groups excluding carboxylic acids is 1. The quantitative estimate of drug-likeness (QED) is 0.821. The third kappa shape index (κ3) is 3.79. The minimum atomic E-state index is 0.197. The van der Waals surface area contributed by atoms with Crippen LogP contribution < -0.4 is 4.90 Å². The molecule has 1 amide bonds. The molecule has 21 heavy (non-hydrogen) atoms. The number of hydrogen-bond acceptors (Lipinski definition) is 2. The van der Waals surface area contributed by atoms with Gasteiger partial charge in [0.1, 0.15) is 0 Å². The number of piperazine rings is 1. The van der Waals surface area contributed by atoms with Crippen molar-refractivity contribution in [3.63, 3.8) is 0 Å². The third-order valence-corrected chi connectivity index (χ3v) is 5.01. The molecule has 0 saturated carbocycles. The number of halogens is 1. The SMILES string of the molecule is CCC(CC)C(=O)N1CCN(c2ccc(C)cc2Br)CC1. The lowest BCUT2D eigenvalue weighted by atomic mass is 10.0. The van der Waals surface area contributed by atoms with Gasteiger partial charge >= 0.3 is 0 Å². The minimum Gasteiger partial charge on any atom is -0.367 e. The van der Waals surface area contributed by atoms with E-state index in [1.807, 2.05) is 4.90 Å². The average Bonchev–Trinajstić information content (AvgIpc) is 2.48. The van der Waals surface area contributed by atoms with Gasteiger partial charge in [0.05, 0.1) is 5.69 Å². The van der Waals surface area contributed by atoms with E-state index in [0.717, 1.165) is 43.5 Å². The summed E-state index contributed by atoms with van der Waals surface area (Å²) in [5, 5.41) is 0. The highest BCUT2D eigenvalue weighted by atomic mass is 79.9. The van der Waals surface area contributed by atoms with Gasteiger partial charge in [-0.3, -0.25) is 4.79 Å². The van der Waals surface area contributed by atoms with E-state index in [0.29, 0.717) is 5.91 Å². The van der Waals surface area contributed by atoms with E-state index in [2.05, 4.69) is 59.8 Å². The monoisotopic (exact) mass is 352 g/mol. The predicted molar refractivity (Wildman–Crippen MR) is 91.7 cm³/mol. The maximum Gasteiger partial charge on any atom is 0.225 e. The fraction of sp³-hybridized carbons (Fsp3) is 0.588. The maximum absolute atomic E-state index is 12.4. The zero-order chi connectivity index (χ0) is 15.4. The Balaban J connectivity index is 1.98. The summed E-state index contributed by atoms with van der Waals surface area (Å²) in [5.74, 6) is 0.533. The first-order valence-corrected chi connectivity index (χ1v) is 8.66. The molecule has 3 nitrogen and oxygen atoms in total. The van der Waals surface area contributed by atoms with Crippen LogP contribution in [0.3, 0.4) is 0 Å². The Kier molecular flexibility index (Phi) is 5.68. The van der Waals surface area contributed by atoms with Crippen LogP contribution in [0.1, 0.15) is 32.3 Å². The smallest absolute Gasteiger partial charge is 0.225 e. The summed E-state index contributed by atoms with van der Waals surface area (Å²) in [6, 6.07) is 6.46. The zero-order valence-corrected chi connectivity index (χ0v) is 14.8. The number of carbonyl (C=O) groups is 1. The molecule has 1 aromatic rings. The van der Waals surface area contributed by atoms with Crippen molar-refractivity contribution in [2.24, 2.45) is 5.92 Å². The molecule has 0 atom stereocenters. The van der Waals surface area contributed by atoms with Crippen molar-refractivity contribution in [1.29, 1.82) is 0 Å². The van der Waals surface area contributed by atoms with Crippen molar-refractivity contribution < 1.29 is 4.79 Å². The molecule has 1 heterocycles. The molecular formula is C17H25BrN2O. The summed E-state index contributed by atoms with van der Waals surface area (Å²) < 4.78 is 1.14. The van der Waals surface area contributed by atoms with Crippen LogP contribution in [-0.4, -0.2) is 37.0 Å². The van der Waals surface area contributed by atoms with E-state index in [-0.39, 0.29) is 5.92 Å². The summed E-state index contributed by atoms with van der Waals surface area (Å²) in [6.07, 6.45) is 1.89. The fourth-order valence-corrected chi connectivity index (χ4v) is 3.68. The molecule has 1 aliphatic rings. The van der Waals surface area contributed by atoms with Crippen LogP contribution in [0.2, 0.25) is 0 Å². The van der Waals surface area contributed by atoms with Crippen molar-refractivity contribution in [3.8, 4) is 0 Å². The topological polar surface area (TPSA) is 23.6 Å². The molecule has 116 valence electrons. The van der Waals surface area contributed by atoms with Crippen molar-refractivity contribution in [1.82, 2.24) is 4.90 Å². The molecule has 0 unspecified atom stereocenters. The number of nitrogens with zero attached hydrogens (tertiary/aromatic N) is 2. The van der Waals surface area contributed by atoms with Crippen LogP contribution >= 0.6 is 15.9 Å². The summed E-state index contributed by atoms with van der Waals surface area (Å²) in [6.45, 7) is 9.78. The first-order valence-electron chi connectivity index (χ1n) is 7.86. The highest BCUT2D eigenvalue weighted by Gasteiger charge is 2.26. The van der Waals surface area contributed by atoms with Gasteiger partial charge in [0.15, 0.2) is 0 Å². The van der Waals surface area contributed by atoms with Crippen molar-refractivity contribution in [3.05, 3.63) is 28.2 Å². The van der Waals surface area contributed by atoms with E-state index < -0.39 is 0 Å². The standard InChI is InChI=1S/C17H25BrN2O/c1-4-14(5-2)17(21)20-10-8-19(9-11-20)16-7-6-13(3)12-15(16)18/h6-7,12,14H,4-5,8-11H2,1-3H3. The molecule has 0 bridgehead atoms. The van der Waals surface area contributed by atoms with Crippen LogP contribution in [0.25, 0.3) is 0 Å². The molecule has 1 saturated heterocycles. The normalized spacial score (nSPS) is 15.7. The molecule has 4 heteroatoms. The molecule has 2 rings (SSSR count). The maximum atomic E-state index is 12.4. The first-order chi connectivity index (χ1) is 10.1. The van der Waals surface area contributed by atoms with Gasteiger partial charge in [-0.25, -0.2) is 0 Å². The van der Waals surface area contributed by atoms with E-state index in [9.17, 15) is 4.79 Å². The fourth-order valence-electron chi connectivity index (χ4n) is 2.93. The van der Waals surface area contributed by atoms with Crippen molar-refractivity contribution in [2.45, 2.75) is 33.6 Å². The number of anilines is 1. The van der Waals surface area contributed by atoms with Gasteiger partial charge in [-0.2, -0.15) is 0 Å². The molecule has 1 aromatic carbocycles. The highest BCUT2D eigenvalue weighted by Crippen LogP contribution is 2.28. The van der Waals surface area contributed by atoms with Crippen LogP contribution in [0.5, 0.6) is 0 Å². The molecule has 0 aromatic heterocycles. The molecule has 1 fully saturated rings. The Morgan fingerprint density at radius 2 is 1.81 bits per heavy atom. The average molecular weight is 353 g/mol. The van der Waals surface area contributed by atoms with Crippen LogP contribution in [-0.2, 0) is 4.79 Å². The van der Waals surface area contributed by atoms with Gasteiger partial charge in [0.2, 0.25) is 5.91 Å². The van der Waals surface area contributed by atoms with Crippen LogP contribution in [0.4, 0.5) is 5.69 Å². The van der Waals surface area contributed by atoms with Crippen LogP contribution in [0.15, 0.2) is 22.7 Å². The van der Waals surface area contributed by atoms with E-state index in [1.165, 1.54) is 11.3 Å². The number of aryl methyl sites for hydroxylation is 1. The number of benzene rings is 1. The van der Waals surface area contributed by atoms with Gasteiger partial charge in [0.25, 0.3) is 0 Å². The van der Waals surface area contributed by atoms with Gasteiger partial charge < -0.3 is 9.80 Å². The largest absolute Gasteiger partial charge is 0.367 e. The summed E-state index contributed by atoms with van der Waals surface area (Å²) >= 11 is 3.65. The third-order valence-electron chi connectivity index (χ3n) is 4.37. The van der Waals surface area contributed by atoms with Gasteiger partial charge in [-0.05, 0) is 53.4 Å². The minimum absolute atomic E-state index is 0.197. The summed E-state index contributed by atoms with van der Waals surface area (Å²) in [4.78, 5) is 16.8. The number of hydrogen-bond donors (Lipinski definition) is 0. The van der Waals surface area contributed by atoms with Crippen molar-refractivity contribution in [2.75, 3.05) is 31.1 Å². The molecule has 0 radical (unpaired) electrons. The lowest BCUT2D eigenvalue weighted by Gasteiger charge is -2.38. The second-order valence-electron chi connectivity index (χ2n) is 5.78. The first kappa shape index (κ1) is 16.3. The van der Waals surface area contributed by atoms with E-state index in [4.69, 9.17) is 0 Å².